The highest BCUT2D eigenvalue weighted by molar-refractivity contribution is 6.14. The van der Waals surface area contributed by atoms with E-state index in [4.69, 9.17) is 23.8 Å². The van der Waals surface area contributed by atoms with Crippen molar-refractivity contribution >= 4 is 65.7 Å². The lowest BCUT2D eigenvalue weighted by Gasteiger charge is -2.08. The van der Waals surface area contributed by atoms with Crippen LogP contribution >= 0.6 is 0 Å². The van der Waals surface area contributed by atoms with Crippen molar-refractivity contribution in [2.24, 2.45) is 0 Å². The van der Waals surface area contributed by atoms with Gasteiger partial charge in [0.05, 0.1) is 11.0 Å². The summed E-state index contributed by atoms with van der Waals surface area (Å²) < 4.78 is 15.3. The van der Waals surface area contributed by atoms with Crippen molar-refractivity contribution in [1.82, 2.24) is 19.5 Å². The maximum absolute atomic E-state index is 6.69. The molecule has 12 aromatic rings. The molecule has 0 atom stereocenters. The van der Waals surface area contributed by atoms with Crippen molar-refractivity contribution in [3.05, 3.63) is 182 Å². The molecule has 4 heterocycles. The first kappa shape index (κ1) is 31.5. The molecular formula is C51H30N4O2. The topological polar surface area (TPSA) is 69.9 Å². The lowest BCUT2D eigenvalue weighted by molar-refractivity contribution is 0.669. The van der Waals surface area contributed by atoms with E-state index < -0.39 is 0 Å². The number of furan rings is 2. The molecule has 8 aromatic carbocycles. The second kappa shape index (κ2) is 12.3. The van der Waals surface area contributed by atoms with Crippen LogP contribution in [0.3, 0.4) is 0 Å². The number of hydrogen-bond donors (Lipinski definition) is 0. The molecule has 6 heteroatoms. The van der Waals surface area contributed by atoms with Crippen molar-refractivity contribution in [2.45, 2.75) is 0 Å². The molecule has 0 unspecified atom stereocenters. The average molecular weight is 731 g/mol. The number of aromatic nitrogens is 4. The molecule has 266 valence electrons. The molecule has 12 rings (SSSR count). The van der Waals surface area contributed by atoms with Crippen LogP contribution in [0.15, 0.2) is 191 Å². The van der Waals surface area contributed by atoms with Crippen LogP contribution in [-0.4, -0.2) is 19.5 Å². The predicted molar refractivity (Wildman–Crippen MR) is 230 cm³/mol. The highest BCUT2D eigenvalue weighted by Gasteiger charge is 2.19. The Morgan fingerprint density at radius 2 is 0.930 bits per heavy atom. The molecule has 0 saturated carbocycles. The summed E-state index contributed by atoms with van der Waals surface area (Å²) in [6, 6.07) is 62.8. The summed E-state index contributed by atoms with van der Waals surface area (Å²) in [6.07, 6.45) is 0. The van der Waals surface area contributed by atoms with Gasteiger partial charge in [-0.1, -0.05) is 115 Å². The standard InChI is InChI=1S/C51H30N4O2/c1-3-12-31(13-4-1)49-52-50(54-51(53-49)34-22-25-39-38-17-8-10-21-45(38)56-47(39)30-34)33-24-27-46-42(29-33)40-19-11-18-36(48(40)57-46)32-23-26-44-41(28-32)37-16-7-9-20-43(37)55(44)35-14-5-2-6-15-35/h1-30H. The molecule has 0 spiro atoms. The number of benzene rings is 8. The third-order valence-corrected chi connectivity index (χ3v) is 11.1. The molecule has 0 amide bonds. The summed E-state index contributed by atoms with van der Waals surface area (Å²) in [4.78, 5) is 15.1. The molecule has 0 radical (unpaired) electrons. The predicted octanol–water partition coefficient (Wildman–Crippen LogP) is 13.4. The van der Waals surface area contributed by atoms with E-state index >= 15 is 0 Å². The van der Waals surface area contributed by atoms with Crippen LogP contribution in [0.4, 0.5) is 0 Å². The lowest BCUT2D eigenvalue weighted by Crippen LogP contribution is -2.00. The van der Waals surface area contributed by atoms with E-state index in [1.54, 1.807) is 0 Å². The van der Waals surface area contributed by atoms with Gasteiger partial charge in [0.25, 0.3) is 0 Å². The SMILES string of the molecule is c1ccc(-c2nc(-c3ccc4c(c3)oc3ccccc34)nc(-c3ccc4oc5c(-c6ccc7c(c6)c6ccccc6n7-c6ccccc6)cccc5c4c3)n2)cc1. The highest BCUT2D eigenvalue weighted by atomic mass is 16.3. The fraction of sp³-hybridized carbons (Fsp3) is 0. The monoisotopic (exact) mass is 730 g/mol. The van der Waals surface area contributed by atoms with Crippen molar-refractivity contribution in [1.29, 1.82) is 0 Å². The van der Waals surface area contributed by atoms with Crippen LogP contribution in [-0.2, 0) is 0 Å². The Labute approximate surface area is 325 Å². The van der Waals surface area contributed by atoms with Crippen LogP contribution in [0, 0.1) is 0 Å². The van der Waals surface area contributed by atoms with Gasteiger partial charge in [0.1, 0.15) is 22.3 Å². The Bertz CT molecular complexity index is 3530. The van der Waals surface area contributed by atoms with E-state index in [-0.39, 0.29) is 0 Å². The molecule has 0 aliphatic heterocycles. The molecule has 57 heavy (non-hydrogen) atoms. The highest BCUT2D eigenvalue weighted by Crippen LogP contribution is 2.40. The molecule has 0 aliphatic carbocycles. The van der Waals surface area contributed by atoms with Crippen molar-refractivity contribution in [2.75, 3.05) is 0 Å². The summed E-state index contributed by atoms with van der Waals surface area (Å²) in [6.45, 7) is 0. The minimum absolute atomic E-state index is 0.574. The van der Waals surface area contributed by atoms with Crippen LogP contribution in [0.1, 0.15) is 0 Å². The van der Waals surface area contributed by atoms with Gasteiger partial charge in [-0.2, -0.15) is 0 Å². The number of rotatable bonds is 5. The molecule has 4 aromatic heterocycles. The Hall–Kier alpha value is -7.83. The molecule has 0 N–H and O–H groups in total. The normalized spacial score (nSPS) is 11.9. The Morgan fingerprint density at radius 1 is 0.333 bits per heavy atom. The van der Waals surface area contributed by atoms with Crippen molar-refractivity contribution < 1.29 is 8.83 Å². The third kappa shape index (κ3) is 5.01. The van der Waals surface area contributed by atoms with E-state index in [0.29, 0.717) is 17.5 Å². The summed E-state index contributed by atoms with van der Waals surface area (Å²) in [5.41, 5.74) is 11.5. The van der Waals surface area contributed by atoms with Crippen molar-refractivity contribution in [3.63, 3.8) is 0 Å². The quantitative estimate of drug-likeness (QED) is 0.176. The zero-order valence-electron chi connectivity index (χ0n) is 30.4. The van der Waals surface area contributed by atoms with Gasteiger partial charge in [-0.3, -0.25) is 0 Å². The van der Waals surface area contributed by atoms with Crippen LogP contribution < -0.4 is 0 Å². The Kier molecular flexibility index (Phi) is 6.83. The van der Waals surface area contributed by atoms with Gasteiger partial charge < -0.3 is 13.4 Å². The molecule has 0 saturated heterocycles. The zero-order chi connectivity index (χ0) is 37.5. The smallest absolute Gasteiger partial charge is 0.164 e. The first-order chi connectivity index (χ1) is 28.2. The van der Waals surface area contributed by atoms with Crippen LogP contribution in [0.5, 0.6) is 0 Å². The Balaban J connectivity index is 0.997. The summed E-state index contributed by atoms with van der Waals surface area (Å²) in [7, 11) is 0. The fourth-order valence-electron chi connectivity index (χ4n) is 8.38. The summed E-state index contributed by atoms with van der Waals surface area (Å²) in [5.74, 6) is 1.75. The number of fused-ring (bicyclic) bond motifs is 9. The largest absolute Gasteiger partial charge is 0.456 e. The van der Waals surface area contributed by atoms with Gasteiger partial charge in [-0.05, 0) is 72.3 Å². The van der Waals surface area contributed by atoms with Gasteiger partial charge in [0, 0.05) is 60.3 Å². The van der Waals surface area contributed by atoms with Crippen molar-refractivity contribution in [3.8, 4) is 51.0 Å². The second-order valence-corrected chi connectivity index (χ2v) is 14.4. The number of para-hydroxylation sites is 4. The fourth-order valence-corrected chi connectivity index (χ4v) is 8.38. The Morgan fingerprint density at radius 3 is 1.77 bits per heavy atom. The minimum atomic E-state index is 0.574. The molecule has 0 fully saturated rings. The lowest BCUT2D eigenvalue weighted by atomic mass is 10.00. The molecule has 0 aliphatic rings. The summed E-state index contributed by atoms with van der Waals surface area (Å²) >= 11 is 0. The zero-order valence-corrected chi connectivity index (χ0v) is 30.4. The maximum atomic E-state index is 6.69. The van der Waals surface area contributed by atoms with Crippen LogP contribution in [0.2, 0.25) is 0 Å². The van der Waals surface area contributed by atoms with E-state index in [1.807, 2.05) is 66.7 Å². The number of hydrogen-bond acceptors (Lipinski definition) is 5. The van der Waals surface area contributed by atoms with Gasteiger partial charge in [0.2, 0.25) is 0 Å². The average Bonchev–Trinajstić information content (AvgIpc) is 3.95. The number of nitrogens with zero attached hydrogens (tertiary/aromatic N) is 4. The first-order valence-electron chi connectivity index (χ1n) is 19.0. The van der Waals surface area contributed by atoms with Gasteiger partial charge >= 0.3 is 0 Å². The van der Waals surface area contributed by atoms with E-state index in [2.05, 4.69) is 120 Å². The summed E-state index contributed by atoms with van der Waals surface area (Å²) in [5, 5.41) is 6.58. The van der Waals surface area contributed by atoms with Gasteiger partial charge in [0.15, 0.2) is 17.5 Å². The molecule has 0 bridgehead atoms. The van der Waals surface area contributed by atoms with Gasteiger partial charge in [-0.15, -0.1) is 0 Å². The van der Waals surface area contributed by atoms with E-state index in [9.17, 15) is 0 Å². The van der Waals surface area contributed by atoms with E-state index in [0.717, 1.165) is 82.9 Å². The van der Waals surface area contributed by atoms with Crippen LogP contribution in [0.25, 0.3) is 117 Å². The second-order valence-electron chi connectivity index (χ2n) is 14.4. The van der Waals surface area contributed by atoms with Gasteiger partial charge in [-0.25, -0.2) is 15.0 Å². The molecule has 6 nitrogen and oxygen atoms in total. The minimum Gasteiger partial charge on any atom is -0.456 e. The van der Waals surface area contributed by atoms with E-state index in [1.165, 1.54) is 16.3 Å². The first-order valence-corrected chi connectivity index (χ1v) is 19.0. The maximum Gasteiger partial charge on any atom is 0.164 e. The molecular weight excluding hydrogens is 701 g/mol. The third-order valence-electron chi connectivity index (χ3n) is 11.1.